The normalized spacial score (nSPS) is 29.9. The Morgan fingerprint density at radius 2 is 2.29 bits per heavy atom. The fraction of sp³-hybridized carbons (Fsp3) is 0.833. The Bertz CT molecular complexity index is 319. The Balaban J connectivity index is 1.98. The molecule has 0 aliphatic carbocycles. The van der Waals surface area contributed by atoms with E-state index in [1.807, 2.05) is 11.8 Å². The SMILES string of the molecule is CCN1CC(C(=O)N2CCNCC2C)CC1=O. The molecule has 0 saturated carbocycles. The Kier molecular flexibility index (Phi) is 3.66. The lowest BCUT2D eigenvalue weighted by molar-refractivity contribution is -0.138. The van der Waals surface area contributed by atoms with Gasteiger partial charge in [0.15, 0.2) is 0 Å². The topological polar surface area (TPSA) is 52.7 Å². The predicted molar refractivity (Wildman–Crippen MR) is 64.4 cm³/mol. The first-order valence-electron chi connectivity index (χ1n) is 6.42. The molecule has 2 rings (SSSR count). The maximum atomic E-state index is 12.3. The monoisotopic (exact) mass is 239 g/mol. The van der Waals surface area contributed by atoms with Crippen molar-refractivity contribution in [3.63, 3.8) is 0 Å². The van der Waals surface area contributed by atoms with Crippen LogP contribution in [-0.2, 0) is 9.59 Å². The summed E-state index contributed by atoms with van der Waals surface area (Å²) in [7, 11) is 0. The van der Waals surface area contributed by atoms with Crippen molar-refractivity contribution >= 4 is 11.8 Å². The van der Waals surface area contributed by atoms with Crippen LogP contribution in [0.25, 0.3) is 0 Å². The van der Waals surface area contributed by atoms with Crippen LogP contribution in [0.15, 0.2) is 0 Å². The zero-order valence-corrected chi connectivity index (χ0v) is 10.6. The van der Waals surface area contributed by atoms with Crippen LogP contribution in [0.2, 0.25) is 0 Å². The fourth-order valence-corrected chi connectivity index (χ4v) is 2.65. The van der Waals surface area contributed by atoms with E-state index in [-0.39, 0.29) is 23.8 Å². The summed E-state index contributed by atoms with van der Waals surface area (Å²) in [5.41, 5.74) is 0. The van der Waals surface area contributed by atoms with Crippen LogP contribution in [0.5, 0.6) is 0 Å². The number of piperazine rings is 1. The Hall–Kier alpha value is -1.10. The van der Waals surface area contributed by atoms with E-state index in [0.717, 1.165) is 19.6 Å². The molecule has 2 aliphatic rings. The van der Waals surface area contributed by atoms with E-state index in [9.17, 15) is 9.59 Å². The number of amides is 2. The van der Waals surface area contributed by atoms with Gasteiger partial charge in [0.05, 0.1) is 5.92 Å². The van der Waals surface area contributed by atoms with Gasteiger partial charge in [-0.3, -0.25) is 9.59 Å². The number of hydrogen-bond donors (Lipinski definition) is 1. The van der Waals surface area contributed by atoms with E-state index in [1.54, 1.807) is 4.90 Å². The summed E-state index contributed by atoms with van der Waals surface area (Å²) >= 11 is 0. The summed E-state index contributed by atoms with van der Waals surface area (Å²) in [4.78, 5) is 27.7. The Morgan fingerprint density at radius 3 is 2.88 bits per heavy atom. The molecule has 0 aromatic carbocycles. The fourth-order valence-electron chi connectivity index (χ4n) is 2.65. The quantitative estimate of drug-likeness (QED) is 0.718. The highest BCUT2D eigenvalue weighted by Gasteiger charge is 2.37. The minimum atomic E-state index is -0.122. The standard InChI is InChI=1S/C12H21N3O2/c1-3-14-8-10(6-11(14)16)12(17)15-5-4-13-7-9(15)2/h9-10,13H,3-8H2,1-2H3. The van der Waals surface area contributed by atoms with Gasteiger partial charge < -0.3 is 15.1 Å². The molecule has 0 aromatic heterocycles. The highest BCUT2D eigenvalue weighted by atomic mass is 16.2. The number of nitrogens with one attached hydrogen (secondary N) is 1. The summed E-state index contributed by atoms with van der Waals surface area (Å²) in [6, 6.07) is 0.238. The van der Waals surface area contributed by atoms with E-state index in [2.05, 4.69) is 12.2 Å². The lowest BCUT2D eigenvalue weighted by atomic mass is 10.1. The third kappa shape index (κ3) is 2.44. The maximum absolute atomic E-state index is 12.3. The second-order valence-corrected chi connectivity index (χ2v) is 4.92. The molecule has 2 saturated heterocycles. The van der Waals surface area contributed by atoms with Gasteiger partial charge in [0.2, 0.25) is 11.8 Å². The molecule has 1 N–H and O–H groups in total. The average Bonchev–Trinajstić information content (AvgIpc) is 2.70. The molecule has 2 atom stereocenters. The summed E-state index contributed by atoms with van der Waals surface area (Å²) in [6.07, 6.45) is 0.392. The second-order valence-electron chi connectivity index (χ2n) is 4.92. The van der Waals surface area contributed by atoms with Crippen LogP contribution in [0, 0.1) is 5.92 Å². The van der Waals surface area contributed by atoms with Crippen molar-refractivity contribution in [3.05, 3.63) is 0 Å². The van der Waals surface area contributed by atoms with Crippen molar-refractivity contribution in [2.24, 2.45) is 5.92 Å². The summed E-state index contributed by atoms with van der Waals surface area (Å²) < 4.78 is 0. The number of hydrogen-bond acceptors (Lipinski definition) is 3. The first-order valence-corrected chi connectivity index (χ1v) is 6.42. The lowest BCUT2D eigenvalue weighted by Crippen LogP contribution is -2.54. The molecule has 5 heteroatoms. The molecule has 2 aliphatic heterocycles. The molecule has 0 aromatic rings. The molecule has 0 radical (unpaired) electrons. The van der Waals surface area contributed by atoms with E-state index < -0.39 is 0 Å². The van der Waals surface area contributed by atoms with Crippen LogP contribution in [-0.4, -0.2) is 60.4 Å². The van der Waals surface area contributed by atoms with Crippen LogP contribution < -0.4 is 5.32 Å². The van der Waals surface area contributed by atoms with Gasteiger partial charge in [0, 0.05) is 45.2 Å². The van der Waals surface area contributed by atoms with Gasteiger partial charge in [-0.05, 0) is 13.8 Å². The molecule has 2 unspecified atom stereocenters. The number of rotatable bonds is 2. The number of carbonyl (C=O) groups is 2. The largest absolute Gasteiger partial charge is 0.342 e. The highest BCUT2D eigenvalue weighted by molar-refractivity contribution is 5.89. The molecular formula is C12H21N3O2. The van der Waals surface area contributed by atoms with Crippen molar-refractivity contribution in [2.75, 3.05) is 32.7 Å². The Labute approximate surface area is 102 Å². The van der Waals surface area contributed by atoms with Gasteiger partial charge in [0.25, 0.3) is 0 Å². The van der Waals surface area contributed by atoms with Crippen molar-refractivity contribution in [2.45, 2.75) is 26.3 Å². The first kappa shape index (κ1) is 12.4. The molecule has 17 heavy (non-hydrogen) atoms. The van der Waals surface area contributed by atoms with Gasteiger partial charge in [-0.15, -0.1) is 0 Å². The lowest BCUT2D eigenvalue weighted by Gasteiger charge is -2.35. The smallest absolute Gasteiger partial charge is 0.228 e. The first-order chi connectivity index (χ1) is 8.13. The van der Waals surface area contributed by atoms with Gasteiger partial charge >= 0.3 is 0 Å². The summed E-state index contributed by atoms with van der Waals surface area (Å²) in [5, 5.41) is 3.27. The van der Waals surface area contributed by atoms with Crippen LogP contribution >= 0.6 is 0 Å². The van der Waals surface area contributed by atoms with Crippen molar-refractivity contribution in [1.29, 1.82) is 0 Å². The number of nitrogens with zero attached hydrogens (tertiary/aromatic N) is 2. The summed E-state index contributed by atoms with van der Waals surface area (Å²) in [6.45, 7) is 7.79. The highest BCUT2D eigenvalue weighted by Crippen LogP contribution is 2.21. The van der Waals surface area contributed by atoms with E-state index in [4.69, 9.17) is 0 Å². The van der Waals surface area contributed by atoms with Crippen molar-refractivity contribution < 1.29 is 9.59 Å². The van der Waals surface area contributed by atoms with Gasteiger partial charge in [-0.25, -0.2) is 0 Å². The van der Waals surface area contributed by atoms with E-state index >= 15 is 0 Å². The van der Waals surface area contributed by atoms with Gasteiger partial charge in [-0.1, -0.05) is 0 Å². The van der Waals surface area contributed by atoms with Crippen LogP contribution in [0.1, 0.15) is 20.3 Å². The number of likely N-dealkylation sites (tertiary alicyclic amines) is 1. The molecule has 5 nitrogen and oxygen atoms in total. The second kappa shape index (κ2) is 5.04. The zero-order valence-electron chi connectivity index (χ0n) is 10.6. The minimum Gasteiger partial charge on any atom is -0.342 e. The number of carbonyl (C=O) groups excluding carboxylic acids is 2. The van der Waals surface area contributed by atoms with Gasteiger partial charge in [0.1, 0.15) is 0 Å². The van der Waals surface area contributed by atoms with E-state index in [0.29, 0.717) is 19.5 Å². The molecular weight excluding hydrogens is 218 g/mol. The molecule has 0 spiro atoms. The van der Waals surface area contributed by atoms with Crippen molar-refractivity contribution in [3.8, 4) is 0 Å². The van der Waals surface area contributed by atoms with Crippen molar-refractivity contribution in [1.82, 2.24) is 15.1 Å². The van der Waals surface area contributed by atoms with Crippen LogP contribution in [0.4, 0.5) is 0 Å². The zero-order chi connectivity index (χ0) is 12.4. The molecule has 2 fully saturated rings. The third-order valence-electron chi connectivity index (χ3n) is 3.73. The van der Waals surface area contributed by atoms with E-state index in [1.165, 1.54) is 0 Å². The summed E-state index contributed by atoms with van der Waals surface area (Å²) in [5.74, 6) is 0.153. The van der Waals surface area contributed by atoms with Gasteiger partial charge in [-0.2, -0.15) is 0 Å². The molecule has 2 amide bonds. The molecule has 96 valence electrons. The molecule has 0 bridgehead atoms. The maximum Gasteiger partial charge on any atom is 0.228 e. The predicted octanol–water partition coefficient (Wildman–Crippen LogP) is -0.325. The average molecular weight is 239 g/mol. The Morgan fingerprint density at radius 1 is 1.53 bits per heavy atom. The van der Waals surface area contributed by atoms with Crippen LogP contribution in [0.3, 0.4) is 0 Å². The third-order valence-corrected chi connectivity index (χ3v) is 3.73. The minimum absolute atomic E-state index is 0.119. The molecule has 2 heterocycles.